The molecule has 1 aliphatic heterocycles. The Kier molecular flexibility index (Phi) is 5.76. The number of carbonyl (C=O) groups is 3. The maximum atomic E-state index is 12.5. The quantitative estimate of drug-likeness (QED) is 0.815. The molecular formula is C16H19BrN2O4. The van der Waals surface area contributed by atoms with Crippen molar-refractivity contribution in [2.45, 2.75) is 38.3 Å². The molecule has 0 aromatic heterocycles. The van der Waals surface area contributed by atoms with Crippen molar-refractivity contribution in [3.05, 3.63) is 34.3 Å². The minimum absolute atomic E-state index is 0.0466. The molecule has 1 aliphatic rings. The molecule has 6 nitrogen and oxygen atoms in total. The number of nitrogens with zero attached hydrogens (tertiary/aromatic N) is 1. The Bertz CT molecular complexity index is 603. The summed E-state index contributed by atoms with van der Waals surface area (Å²) in [6, 6.07) is 6.11. The van der Waals surface area contributed by atoms with Gasteiger partial charge in [0, 0.05) is 17.9 Å². The second kappa shape index (κ2) is 7.59. The standard InChI is InChI=1S/C16H19BrN2O4/c1-10(20)18-13(11-4-6-12(17)7-5-11)9-15(21)19-8-2-3-14(19)16(22)23/h4-7,13-14H,2-3,8-9H2,1H3,(H,18,20)(H,22,23)/t13?,14-/m1/s1. The molecular weight excluding hydrogens is 364 g/mol. The van der Waals surface area contributed by atoms with Crippen LogP contribution in [0.5, 0.6) is 0 Å². The first-order valence-electron chi connectivity index (χ1n) is 7.43. The molecule has 2 amide bonds. The number of carboxylic acids is 1. The van der Waals surface area contributed by atoms with Gasteiger partial charge in [-0.1, -0.05) is 28.1 Å². The molecule has 1 saturated heterocycles. The zero-order chi connectivity index (χ0) is 17.0. The predicted octanol–water partition coefficient (Wildman–Crippen LogP) is 2.09. The molecule has 0 spiro atoms. The first kappa shape index (κ1) is 17.5. The van der Waals surface area contributed by atoms with Crippen molar-refractivity contribution < 1.29 is 19.5 Å². The molecule has 0 radical (unpaired) electrons. The monoisotopic (exact) mass is 382 g/mol. The summed E-state index contributed by atoms with van der Waals surface area (Å²) in [5.41, 5.74) is 0.808. The Balaban J connectivity index is 2.14. The number of nitrogens with one attached hydrogen (secondary N) is 1. The number of aliphatic carboxylic acids is 1. The summed E-state index contributed by atoms with van der Waals surface area (Å²) in [7, 11) is 0. The lowest BCUT2D eigenvalue weighted by molar-refractivity contribution is -0.148. The number of rotatable bonds is 5. The number of likely N-dealkylation sites (tertiary alicyclic amines) is 1. The van der Waals surface area contributed by atoms with E-state index in [1.807, 2.05) is 24.3 Å². The lowest BCUT2D eigenvalue weighted by Gasteiger charge is -2.25. The van der Waals surface area contributed by atoms with Crippen molar-refractivity contribution >= 4 is 33.7 Å². The molecule has 2 rings (SSSR count). The van der Waals surface area contributed by atoms with Crippen molar-refractivity contribution in [2.75, 3.05) is 6.54 Å². The summed E-state index contributed by atoms with van der Waals surface area (Å²) in [6.45, 7) is 1.84. The molecule has 1 aromatic carbocycles. The van der Waals surface area contributed by atoms with Gasteiger partial charge in [-0.05, 0) is 30.5 Å². The van der Waals surface area contributed by atoms with Crippen LogP contribution in [0, 0.1) is 0 Å². The summed E-state index contributed by atoms with van der Waals surface area (Å²) in [6.07, 6.45) is 1.21. The second-order valence-corrected chi connectivity index (χ2v) is 6.51. The van der Waals surface area contributed by atoms with Gasteiger partial charge in [-0.2, -0.15) is 0 Å². The van der Waals surface area contributed by atoms with Gasteiger partial charge in [-0.3, -0.25) is 9.59 Å². The molecule has 0 bridgehead atoms. The third-order valence-corrected chi connectivity index (χ3v) is 4.42. The van der Waals surface area contributed by atoms with Crippen LogP contribution in [0.1, 0.15) is 37.8 Å². The van der Waals surface area contributed by atoms with Crippen LogP contribution < -0.4 is 5.32 Å². The zero-order valence-electron chi connectivity index (χ0n) is 12.8. The molecule has 2 N–H and O–H groups in total. The third kappa shape index (κ3) is 4.54. The van der Waals surface area contributed by atoms with Crippen LogP contribution in [0.25, 0.3) is 0 Å². The number of halogens is 1. The Morgan fingerprint density at radius 1 is 1.35 bits per heavy atom. The van der Waals surface area contributed by atoms with E-state index >= 15 is 0 Å². The highest BCUT2D eigenvalue weighted by atomic mass is 79.9. The van der Waals surface area contributed by atoms with Gasteiger partial charge in [0.25, 0.3) is 0 Å². The summed E-state index contributed by atoms with van der Waals surface area (Å²) < 4.78 is 0.902. The fourth-order valence-corrected chi connectivity index (χ4v) is 3.07. The van der Waals surface area contributed by atoms with Crippen molar-refractivity contribution in [1.82, 2.24) is 10.2 Å². The van der Waals surface area contributed by atoms with Crippen LogP contribution >= 0.6 is 15.9 Å². The van der Waals surface area contributed by atoms with Gasteiger partial charge in [0.2, 0.25) is 11.8 Å². The smallest absolute Gasteiger partial charge is 0.326 e. The van der Waals surface area contributed by atoms with Gasteiger partial charge >= 0.3 is 5.97 Å². The van der Waals surface area contributed by atoms with Crippen LogP contribution in [-0.4, -0.2) is 40.4 Å². The molecule has 0 aliphatic carbocycles. The number of carbonyl (C=O) groups excluding carboxylic acids is 2. The van der Waals surface area contributed by atoms with E-state index in [1.54, 1.807) is 0 Å². The number of hydrogen-bond acceptors (Lipinski definition) is 3. The molecule has 2 atom stereocenters. The van der Waals surface area contributed by atoms with E-state index in [0.29, 0.717) is 19.4 Å². The Morgan fingerprint density at radius 2 is 2.00 bits per heavy atom. The van der Waals surface area contributed by atoms with Crippen molar-refractivity contribution in [3.8, 4) is 0 Å². The highest BCUT2D eigenvalue weighted by molar-refractivity contribution is 9.10. The molecule has 1 aromatic rings. The van der Waals surface area contributed by atoms with E-state index in [2.05, 4.69) is 21.2 Å². The average Bonchev–Trinajstić information content (AvgIpc) is 2.96. The van der Waals surface area contributed by atoms with E-state index < -0.39 is 18.1 Å². The van der Waals surface area contributed by atoms with Gasteiger partial charge in [0.05, 0.1) is 12.5 Å². The van der Waals surface area contributed by atoms with E-state index in [4.69, 9.17) is 0 Å². The van der Waals surface area contributed by atoms with Crippen LogP contribution in [0.4, 0.5) is 0 Å². The highest BCUT2D eigenvalue weighted by Gasteiger charge is 2.34. The summed E-state index contributed by atoms with van der Waals surface area (Å²) in [4.78, 5) is 36.5. The van der Waals surface area contributed by atoms with Crippen molar-refractivity contribution in [2.24, 2.45) is 0 Å². The minimum Gasteiger partial charge on any atom is -0.480 e. The van der Waals surface area contributed by atoms with E-state index in [9.17, 15) is 19.5 Å². The fraction of sp³-hybridized carbons (Fsp3) is 0.438. The molecule has 7 heteroatoms. The van der Waals surface area contributed by atoms with Crippen molar-refractivity contribution in [1.29, 1.82) is 0 Å². The van der Waals surface area contributed by atoms with Gasteiger partial charge in [0.1, 0.15) is 6.04 Å². The molecule has 1 unspecified atom stereocenters. The SMILES string of the molecule is CC(=O)NC(CC(=O)N1CCC[C@@H]1C(=O)O)c1ccc(Br)cc1. The zero-order valence-corrected chi connectivity index (χ0v) is 14.4. The lowest BCUT2D eigenvalue weighted by atomic mass is 10.0. The molecule has 1 heterocycles. The molecule has 1 fully saturated rings. The van der Waals surface area contributed by atoms with Crippen LogP contribution in [0.2, 0.25) is 0 Å². The van der Waals surface area contributed by atoms with Crippen LogP contribution in [0.15, 0.2) is 28.7 Å². The topological polar surface area (TPSA) is 86.7 Å². The average molecular weight is 383 g/mol. The number of benzene rings is 1. The number of carboxylic acid groups (broad SMARTS) is 1. The van der Waals surface area contributed by atoms with Crippen molar-refractivity contribution in [3.63, 3.8) is 0 Å². The third-order valence-electron chi connectivity index (χ3n) is 3.89. The Hall–Kier alpha value is -1.89. The van der Waals surface area contributed by atoms with Crippen LogP contribution in [0.3, 0.4) is 0 Å². The molecule has 0 saturated carbocycles. The summed E-state index contributed by atoms with van der Waals surface area (Å²) in [5.74, 6) is -1.46. The first-order valence-corrected chi connectivity index (χ1v) is 8.22. The maximum absolute atomic E-state index is 12.5. The van der Waals surface area contributed by atoms with Gasteiger partial charge in [-0.15, -0.1) is 0 Å². The Labute approximate surface area is 143 Å². The minimum atomic E-state index is -0.976. The predicted molar refractivity (Wildman–Crippen MR) is 87.7 cm³/mol. The normalized spacial score (nSPS) is 18.5. The lowest BCUT2D eigenvalue weighted by Crippen LogP contribution is -2.42. The van der Waals surface area contributed by atoms with Gasteiger partial charge < -0.3 is 15.3 Å². The second-order valence-electron chi connectivity index (χ2n) is 5.59. The number of hydrogen-bond donors (Lipinski definition) is 2. The maximum Gasteiger partial charge on any atom is 0.326 e. The van der Waals surface area contributed by atoms with E-state index in [1.165, 1.54) is 11.8 Å². The summed E-state index contributed by atoms with van der Waals surface area (Å²) in [5, 5.41) is 12.0. The number of amides is 2. The van der Waals surface area contributed by atoms with Crippen LogP contribution in [-0.2, 0) is 14.4 Å². The Morgan fingerprint density at radius 3 is 2.57 bits per heavy atom. The summed E-state index contributed by atoms with van der Waals surface area (Å²) >= 11 is 3.35. The first-order chi connectivity index (χ1) is 10.9. The van der Waals surface area contributed by atoms with E-state index in [-0.39, 0.29) is 18.2 Å². The fourth-order valence-electron chi connectivity index (χ4n) is 2.81. The highest BCUT2D eigenvalue weighted by Crippen LogP contribution is 2.24. The largest absolute Gasteiger partial charge is 0.480 e. The molecule has 124 valence electrons. The van der Waals surface area contributed by atoms with E-state index in [0.717, 1.165) is 10.0 Å². The van der Waals surface area contributed by atoms with Gasteiger partial charge in [0.15, 0.2) is 0 Å². The van der Waals surface area contributed by atoms with Gasteiger partial charge in [-0.25, -0.2) is 4.79 Å². The molecule has 23 heavy (non-hydrogen) atoms.